The molecule has 1 atom stereocenters. The van der Waals surface area contributed by atoms with Crippen LogP contribution in [0, 0.1) is 5.82 Å². The summed E-state index contributed by atoms with van der Waals surface area (Å²) in [5.74, 6) is 0.712. The molecule has 188 valence electrons. The summed E-state index contributed by atoms with van der Waals surface area (Å²) in [4.78, 5) is 29.8. The summed E-state index contributed by atoms with van der Waals surface area (Å²) in [7, 11) is 1.60. The van der Waals surface area contributed by atoms with Crippen LogP contribution in [0.3, 0.4) is 0 Å². The van der Waals surface area contributed by atoms with Crippen LogP contribution in [0.2, 0.25) is 0 Å². The van der Waals surface area contributed by atoms with E-state index in [4.69, 9.17) is 18.9 Å². The first-order valence-corrected chi connectivity index (χ1v) is 11.7. The lowest BCUT2D eigenvalue weighted by molar-refractivity contribution is -0.167. The second-order valence-corrected chi connectivity index (χ2v) is 8.78. The van der Waals surface area contributed by atoms with Gasteiger partial charge in [-0.1, -0.05) is 12.1 Å². The maximum Gasteiger partial charge on any atom is 0.227 e. The SMILES string of the molecule is COc1ccc(CC(=O)N2CCO[C@](COc3ccc(F)cc3)(CC(=O)N3CCOCC3)C2)cc1. The predicted molar refractivity (Wildman–Crippen MR) is 126 cm³/mol. The molecule has 2 heterocycles. The molecule has 2 fully saturated rings. The molecule has 0 spiro atoms. The lowest BCUT2D eigenvalue weighted by Crippen LogP contribution is -2.59. The highest BCUT2D eigenvalue weighted by molar-refractivity contribution is 5.80. The van der Waals surface area contributed by atoms with Crippen molar-refractivity contribution in [2.24, 2.45) is 0 Å². The Morgan fingerprint density at radius 1 is 0.914 bits per heavy atom. The summed E-state index contributed by atoms with van der Waals surface area (Å²) in [6.07, 6.45) is 0.302. The fourth-order valence-corrected chi connectivity index (χ4v) is 4.28. The Bertz CT molecular complexity index is 994. The molecule has 2 aliphatic rings. The van der Waals surface area contributed by atoms with Crippen LogP contribution in [0.1, 0.15) is 12.0 Å². The average Bonchev–Trinajstić information content (AvgIpc) is 2.89. The number of carbonyl (C=O) groups excluding carboxylic acids is 2. The summed E-state index contributed by atoms with van der Waals surface area (Å²) in [6.45, 7) is 3.04. The lowest BCUT2D eigenvalue weighted by Gasteiger charge is -2.43. The summed E-state index contributed by atoms with van der Waals surface area (Å²) in [5, 5.41) is 0. The molecule has 0 saturated carbocycles. The number of ether oxygens (including phenoxy) is 4. The molecule has 2 amide bonds. The number of hydrogen-bond acceptors (Lipinski definition) is 6. The van der Waals surface area contributed by atoms with Crippen molar-refractivity contribution in [2.75, 3.05) is 59.7 Å². The Hall–Kier alpha value is -3.17. The predicted octanol–water partition coefficient (Wildman–Crippen LogP) is 2.30. The summed E-state index contributed by atoms with van der Waals surface area (Å²) >= 11 is 0. The van der Waals surface area contributed by atoms with Gasteiger partial charge in [-0.3, -0.25) is 9.59 Å². The highest BCUT2D eigenvalue weighted by atomic mass is 19.1. The van der Waals surface area contributed by atoms with Gasteiger partial charge in [0.2, 0.25) is 11.8 Å². The maximum atomic E-state index is 13.3. The Balaban J connectivity index is 1.47. The van der Waals surface area contributed by atoms with E-state index in [2.05, 4.69) is 0 Å². The average molecular weight is 487 g/mol. The zero-order valence-corrected chi connectivity index (χ0v) is 19.9. The Kier molecular flexibility index (Phi) is 8.20. The number of morpholine rings is 2. The van der Waals surface area contributed by atoms with Crippen LogP contribution in [0.5, 0.6) is 11.5 Å². The smallest absolute Gasteiger partial charge is 0.227 e. The van der Waals surface area contributed by atoms with Crippen molar-refractivity contribution in [2.45, 2.75) is 18.4 Å². The molecule has 2 aromatic rings. The van der Waals surface area contributed by atoms with E-state index in [1.807, 2.05) is 24.3 Å². The van der Waals surface area contributed by atoms with Crippen molar-refractivity contribution in [3.05, 3.63) is 59.9 Å². The van der Waals surface area contributed by atoms with Crippen molar-refractivity contribution in [3.63, 3.8) is 0 Å². The highest BCUT2D eigenvalue weighted by Gasteiger charge is 2.42. The normalized spacial score (nSPS) is 20.4. The minimum Gasteiger partial charge on any atom is -0.497 e. The molecule has 0 unspecified atom stereocenters. The van der Waals surface area contributed by atoms with Gasteiger partial charge in [0, 0.05) is 19.6 Å². The molecule has 8 nitrogen and oxygen atoms in total. The van der Waals surface area contributed by atoms with E-state index in [0.29, 0.717) is 38.6 Å². The van der Waals surface area contributed by atoms with Crippen LogP contribution in [0.15, 0.2) is 48.5 Å². The number of benzene rings is 2. The molecule has 0 bridgehead atoms. The van der Waals surface area contributed by atoms with Gasteiger partial charge in [0.15, 0.2) is 0 Å². The molecule has 0 aliphatic carbocycles. The first-order valence-electron chi connectivity index (χ1n) is 11.7. The fraction of sp³-hybridized carbons (Fsp3) is 0.462. The zero-order valence-electron chi connectivity index (χ0n) is 19.9. The lowest BCUT2D eigenvalue weighted by atomic mass is 9.96. The molecular weight excluding hydrogens is 455 g/mol. The van der Waals surface area contributed by atoms with Gasteiger partial charge in [-0.25, -0.2) is 4.39 Å². The third-order valence-electron chi connectivity index (χ3n) is 6.27. The maximum absolute atomic E-state index is 13.3. The van der Waals surface area contributed by atoms with Gasteiger partial charge in [-0.05, 0) is 42.0 Å². The second-order valence-electron chi connectivity index (χ2n) is 8.78. The third-order valence-corrected chi connectivity index (χ3v) is 6.27. The van der Waals surface area contributed by atoms with Crippen LogP contribution in [0.25, 0.3) is 0 Å². The second kappa shape index (κ2) is 11.5. The van der Waals surface area contributed by atoms with Crippen molar-refractivity contribution in [1.29, 1.82) is 0 Å². The van der Waals surface area contributed by atoms with Crippen LogP contribution in [-0.4, -0.2) is 86.9 Å². The first-order chi connectivity index (χ1) is 17.0. The number of amides is 2. The Morgan fingerprint density at radius 2 is 1.57 bits per heavy atom. The van der Waals surface area contributed by atoms with Gasteiger partial charge < -0.3 is 28.7 Å². The van der Waals surface area contributed by atoms with Crippen molar-refractivity contribution < 1.29 is 32.9 Å². The van der Waals surface area contributed by atoms with Crippen LogP contribution >= 0.6 is 0 Å². The van der Waals surface area contributed by atoms with Crippen LogP contribution < -0.4 is 9.47 Å². The minimum atomic E-state index is -1.02. The molecular formula is C26H31FN2O6. The number of methoxy groups -OCH3 is 1. The minimum absolute atomic E-state index is 0.0524. The van der Waals surface area contributed by atoms with E-state index in [9.17, 15) is 14.0 Å². The molecule has 0 radical (unpaired) electrons. The van der Waals surface area contributed by atoms with Crippen molar-refractivity contribution in [3.8, 4) is 11.5 Å². The molecule has 0 aromatic heterocycles. The van der Waals surface area contributed by atoms with Crippen molar-refractivity contribution >= 4 is 11.8 Å². The van der Waals surface area contributed by atoms with E-state index in [1.54, 1.807) is 16.9 Å². The molecule has 2 aliphatic heterocycles. The fourth-order valence-electron chi connectivity index (χ4n) is 4.28. The highest BCUT2D eigenvalue weighted by Crippen LogP contribution is 2.26. The van der Waals surface area contributed by atoms with E-state index in [-0.39, 0.29) is 50.2 Å². The molecule has 2 aromatic carbocycles. The van der Waals surface area contributed by atoms with Gasteiger partial charge in [-0.15, -0.1) is 0 Å². The van der Waals surface area contributed by atoms with E-state index in [0.717, 1.165) is 11.3 Å². The van der Waals surface area contributed by atoms with Gasteiger partial charge in [0.1, 0.15) is 29.5 Å². The van der Waals surface area contributed by atoms with E-state index < -0.39 is 5.60 Å². The van der Waals surface area contributed by atoms with Gasteiger partial charge in [-0.2, -0.15) is 0 Å². The Labute approximate surface area is 204 Å². The molecule has 35 heavy (non-hydrogen) atoms. The molecule has 2 saturated heterocycles. The number of hydrogen-bond donors (Lipinski definition) is 0. The largest absolute Gasteiger partial charge is 0.497 e. The monoisotopic (exact) mass is 486 g/mol. The van der Waals surface area contributed by atoms with Gasteiger partial charge in [0.25, 0.3) is 0 Å². The number of nitrogens with zero attached hydrogens (tertiary/aromatic N) is 2. The van der Waals surface area contributed by atoms with Gasteiger partial charge in [0.05, 0.1) is 46.3 Å². The molecule has 9 heteroatoms. The zero-order chi connectivity index (χ0) is 24.7. The van der Waals surface area contributed by atoms with E-state index >= 15 is 0 Å². The quantitative estimate of drug-likeness (QED) is 0.570. The number of halogens is 1. The van der Waals surface area contributed by atoms with Crippen molar-refractivity contribution in [1.82, 2.24) is 9.80 Å². The van der Waals surface area contributed by atoms with E-state index in [1.165, 1.54) is 24.3 Å². The van der Waals surface area contributed by atoms with Crippen LogP contribution in [0.4, 0.5) is 4.39 Å². The first kappa shape index (κ1) is 24.9. The summed E-state index contributed by atoms with van der Waals surface area (Å²) in [5.41, 5.74) is -0.141. The van der Waals surface area contributed by atoms with Crippen LogP contribution in [-0.2, 0) is 25.5 Å². The topological polar surface area (TPSA) is 77.5 Å². The standard InChI is InChI=1S/C26H31FN2O6/c1-32-22-6-2-20(3-7-22)16-24(30)29-12-15-35-26(18-29,17-25(31)28-10-13-33-14-11-28)19-34-23-8-4-21(27)5-9-23/h2-9H,10-19H2,1H3/t26-/m1/s1. The number of rotatable bonds is 8. The summed E-state index contributed by atoms with van der Waals surface area (Å²) < 4.78 is 35.9. The molecule has 0 N–H and O–H groups in total. The Morgan fingerprint density at radius 3 is 2.26 bits per heavy atom. The van der Waals surface area contributed by atoms with Gasteiger partial charge >= 0.3 is 0 Å². The number of carbonyl (C=O) groups is 2. The summed E-state index contributed by atoms with van der Waals surface area (Å²) in [6, 6.07) is 13.1. The molecule has 4 rings (SSSR count). The third kappa shape index (κ3) is 6.70.